The first-order chi connectivity index (χ1) is 30.8. The highest BCUT2D eigenvalue weighted by Gasteiger charge is 2.26. The van der Waals surface area contributed by atoms with Gasteiger partial charge in [0.1, 0.15) is 11.5 Å². The minimum atomic E-state index is -3.37. The molecule has 0 radical (unpaired) electrons. The molecule has 64 heavy (non-hydrogen) atoms. The lowest BCUT2D eigenvalue weighted by Gasteiger charge is -2.10. The monoisotopic (exact) mass is 902 g/mol. The average molecular weight is 903 g/mol. The second-order valence-electron chi connectivity index (χ2n) is 14.6. The lowest BCUT2D eigenvalue weighted by Crippen LogP contribution is -2.22. The van der Waals surface area contributed by atoms with Crippen molar-refractivity contribution < 1.29 is 45.6 Å². The van der Waals surface area contributed by atoms with Crippen LogP contribution in [0.3, 0.4) is 0 Å². The van der Waals surface area contributed by atoms with Gasteiger partial charge in [-0.15, -0.1) is 0 Å². The molecule has 2 aliphatic heterocycles. The van der Waals surface area contributed by atoms with Gasteiger partial charge in [-0.25, -0.2) is 26.8 Å². The number of rotatable bonds is 12. The van der Waals surface area contributed by atoms with Gasteiger partial charge in [-0.1, -0.05) is 95.2 Å². The summed E-state index contributed by atoms with van der Waals surface area (Å²) in [4.78, 5) is 43.4. The molecule has 0 spiro atoms. The smallest absolute Gasteiger partial charge is 0.251 e. The summed E-state index contributed by atoms with van der Waals surface area (Å²) in [6.45, 7) is 0.920. The highest BCUT2D eigenvalue weighted by atomic mass is 32.2. The Balaban J connectivity index is 0.000000191. The van der Waals surface area contributed by atoms with Crippen LogP contribution in [-0.4, -0.2) is 62.9 Å². The van der Waals surface area contributed by atoms with E-state index in [2.05, 4.69) is 30.9 Å². The minimum Gasteiger partial charge on any atom is -0.438 e. The van der Waals surface area contributed by atoms with Gasteiger partial charge in [-0.2, -0.15) is 0 Å². The number of hydrogen-bond acceptors (Lipinski definition) is 14. The highest BCUT2D eigenvalue weighted by Crippen LogP contribution is 2.30. The molecule has 2 N–H and O–H groups in total. The van der Waals surface area contributed by atoms with Crippen LogP contribution in [0, 0.1) is 0 Å². The molecule has 2 aliphatic rings. The zero-order chi connectivity index (χ0) is 45.1. The van der Waals surface area contributed by atoms with Gasteiger partial charge in [0, 0.05) is 36.7 Å². The zero-order valence-electron chi connectivity index (χ0n) is 34.5. The van der Waals surface area contributed by atoms with Crippen LogP contribution in [0.4, 0.5) is 0 Å². The summed E-state index contributed by atoms with van der Waals surface area (Å²) in [6.07, 6.45) is 4.95. The Morgan fingerprint density at radius 2 is 0.922 bits per heavy atom. The Labute approximate surface area is 369 Å². The van der Waals surface area contributed by atoms with Crippen molar-refractivity contribution in [3.63, 3.8) is 0 Å². The Morgan fingerprint density at radius 3 is 1.25 bits per heavy atom. The number of pyridine rings is 2. The molecule has 0 saturated heterocycles. The van der Waals surface area contributed by atoms with E-state index in [1.807, 2.05) is 84.9 Å². The summed E-state index contributed by atoms with van der Waals surface area (Å²) in [5, 5.41) is 13.6. The van der Waals surface area contributed by atoms with Gasteiger partial charge in [0.2, 0.25) is 11.8 Å². The van der Waals surface area contributed by atoms with Crippen LogP contribution >= 0.6 is 0 Å². The molecule has 2 atom stereocenters. The summed E-state index contributed by atoms with van der Waals surface area (Å²) in [5.74, 6) is 1.13. The third-order valence-corrected chi connectivity index (χ3v) is 11.6. The molecule has 2 aromatic heterocycles. The summed E-state index contributed by atoms with van der Waals surface area (Å²) >= 11 is 0. The molecule has 0 fully saturated rings. The van der Waals surface area contributed by atoms with Gasteiger partial charge >= 0.3 is 0 Å². The maximum Gasteiger partial charge on any atom is 0.251 e. The predicted octanol–water partition coefficient (Wildman–Crippen LogP) is 6.54. The summed E-state index contributed by atoms with van der Waals surface area (Å²) in [5.41, 5.74) is 4.88. The lowest BCUT2D eigenvalue weighted by molar-refractivity contribution is 0.0853. The van der Waals surface area contributed by atoms with E-state index in [-0.39, 0.29) is 34.1 Å². The topological polar surface area (TPSA) is 214 Å². The van der Waals surface area contributed by atoms with E-state index in [1.54, 1.807) is 24.3 Å². The van der Waals surface area contributed by atoms with Crippen molar-refractivity contribution in [3.8, 4) is 11.5 Å². The molecule has 8 rings (SSSR count). The van der Waals surface area contributed by atoms with Crippen LogP contribution in [0.5, 0.6) is 11.5 Å². The van der Waals surface area contributed by atoms with E-state index in [9.17, 15) is 26.4 Å². The van der Waals surface area contributed by atoms with Crippen molar-refractivity contribution in [2.45, 2.75) is 48.2 Å². The Bertz CT molecular complexity index is 2650. The van der Waals surface area contributed by atoms with Crippen LogP contribution in [0.2, 0.25) is 0 Å². The van der Waals surface area contributed by atoms with Crippen molar-refractivity contribution in [1.82, 2.24) is 20.6 Å². The minimum absolute atomic E-state index is 0.0276. The predicted molar refractivity (Wildman–Crippen MR) is 236 cm³/mol. The molecule has 2 amide bonds. The van der Waals surface area contributed by atoms with Crippen molar-refractivity contribution in [2.24, 2.45) is 10.3 Å². The van der Waals surface area contributed by atoms with Crippen molar-refractivity contribution in [3.05, 3.63) is 179 Å². The number of sulfone groups is 2. The molecule has 6 aromatic rings. The number of aromatic nitrogens is 2. The van der Waals surface area contributed by atoms with E-state index in [0.717, 1.165) is 34.8 Å². The normalized spacial score (nSPS) is 15.5. The first-order valence-electron chi connectivity index (χ1n) is 19.7. The molecule has 0 saturated carbocycles. The number of carbonyl (C=O) groups is 2. The second-order valence-corrected chi connectivity index (χ2v) is 18.5. The molecule has 4 heterocycles. The summed E-state index contributed by atoms with van der Waals surface area (Å²) in [7, 11) is -6.74. The van der Waals surface area contributed by atoms with E-state index < -0.39 is 19.7 Å². The summed E-state index contributed by atoms with van der Waals surface area (Å²) < 4.78 is 57.2. The third kappa shape index (κ3) is 12.4. The van der Waals surface area contributed by atoms with Gasteiger partial charge in [0.25, 0.3) is 11.8 Å². The van der Waals surface area contributed by atoms with Gasteiger partial charge in [0.15, 0.2) is 41.9 Å². The number of hydrogen-bond donors (Lipinski definition) is 2. The van der Waals surface area contributed by atoms with Gasteiger partial charge in [-0.3, -0.25) is 9.59 Å². The van der Waals surface area contributed by atoms with Crippen molar-refractivity contribution in [2.75, 3.05) is 12.5 Å². The van der Waals surface area contributed by atoms with Crippen LogP contribution in [-0.2, 0) is 42.4 Å². The number of oxime groups is 2. The largest absolute Gasteiger partial charge is 0.438 e. The van der Waals surface area contributed by atoms with E-state index >= 15 is 0 Å². The first kappa shape index (κ1) is 44.6. The molecule has 16 nitrogen and oxygen atoms in total. The zero-order valence-corrected chi connectivity index (χ0v) is 36.2. The van der Waals surface area contributed by atoms with Crippen LogP contribution in [0.15, 0.2) is 166 Å². The standard InChI is InChI=1S/2C23H21N3O5S/c2*1-32(28,29)22-12-11-19(15-24-22)30-21-13-20(31-26-21)17-7-9-18(10-8-17)23(27)25-14-16-5-3-2-4-6-16/h2*2-12,15,20H,13-14H2,1H3,(H,25,27)/t2*20-/m10/s1. The van der Waals surface area contributed by atoms with Gasteiger partial charge < -0.3 is 29.8 Å². The highest BCUT2D eigenvalue weighted by molar-refractivity contribution is 7.90. The molecule has 18 heteroatoms. The van der Waals surface area contributed by atoms with Gasteiger partial charge in [0.05, 0.1) is 25.2 Å². The van der Waals surface area contributed by atoms with E-state index in [1.165, 1.54) is 36.7 Å². The maximum absolute atomic E-state index is 12.4. The number of nitrogens with zero attached hydrogens (tertiary/aromatic N) is 4. The average Bonchev–Trinajstić information content (AvgIpc) is 3.98. The first-order valence-corrected chi connectivity index (χ1v) is 23.5. The van der Waals surface area contributed by atoms with Gasteiger partial charge in [-0.05, 0) is 70.8 Å². The summed E-state index contributed by atoms with van der Waals surface area (Å²) in [6, 6.07) is 39.4. The lowest BCUT2D eigenvalue weighted by atomic mass is 10.0. The Hall–Kier alpha value is -7.44. The fourth-order valence-electron chi connectivity index (χ4n) is 6.21. The van der Waals surface area contributed by atoms with Crippen molar-refractivity contribution in [1.29, 1.82) is 0 Å². The fourth-order valence-corrected chi connectivity index (χ4v) is 7.33. The van der Waals surface area contributed by atoms with Crippen molar-refractivity contribution >= 4 is 43.3 Å². The SMILES string of the molecule is CS(=O)(=O)c1ccc(OC2=NO[C@@H](c3ccc(C(=O)NCc4ccccc4)cc3)C2)cn1.CS(=O)(=O)c1ccc(OC2=NO[C@H](c3ccc(C(=O)NCc4ccccc4)cc3)C2)cn1. The molecule has 0 bridgehead atoms. The number of carbonyl (C=O) groups excluding carboxylic acids is 2. The molecule has 0 aliphatic carbocycles. The molecule has 0 unspecified atom stereocenters. The molecular formula is C46H42N6O10S2. The molecular weight excluding hydrogens is 861 g/mol. The van der Waals surface area contributed by atoms with Crippen LogP contribution in [0.1, 0.15) is 68.0 Å². The quantitative estimate of drug-likeness (QED) is 0.134. The third-order valence-electron chi connectivity index (χ3n) is 9.61. The molecule has 328 valence electrons. The van der Waals surface area contributed by atoms with E-state index in [4.69, 9.17) is 19.1 Å². The number of amides is 2. The Morgan fingerprint density at radius 1 is 0.547 bits per heavy atom. The number of benzene rings is 4. The Kier molecular flexibility index (Phi) is 14.1. The van der Waals surface area contributed by atoms with E-state index in [0.29, 0.717) is 60.4 Å². The van der Waals surface area contributed by atoms with Crippen LogP contribution in [0.25, 0.3) is 0 Å². The maximum atomic E-state index is 12.4. The van der Waals surface area contributed by atoms with Crippen LogP contribution < -0.4 is 20.1 Å². The fraction of sp³-hybridized carbons (Fsp3) is 0.174. The molecule has 4 aromatic carbocycles. The number of ether oxygens (including phenoxy) is 2. The second kappa shape index (κ2) is 20.2. The number of nitrogens with one attached hydrogen (secondary N) is 2.